The first-order chi connectivity index (χ1) is 8.63. The fourth-order valence-electron chi connectivity index (χ4n) is 1.91. The zero-order valence-corrected chi connectivity index (χ0v) is 10.8. The van der Waals surface area contributed by atoms with Crippen LogP contribution in [0, 0.1) is 0 Å². The summed E-state index contributed by atoms with van der Waals surface area (Å²) >= 11 is 0. The second-order valence-electron chi connectivity index (χ2n) is 4.56. The molecule has 108 valence electrons. The molecule has 1 fully saturated rings. The lowest BCUT2D eigenvalue weighted by Gasteiger charge is -2.30. The number of aliphatic hydroxyl groups is 1. The molecule has 0 saturated carbocycles. The van der Waals surface area contributed by atoms with E-state index in [-0.39, 0.29) is 38.0 Å². The number of aliphatic hydroxyl groups excluding tert-OH is 1. The minimum absolute atomic E-state index is 0.142. The molecule has 4 nitrogen and oxygen atoms in total. The van der Waals surface area contributed by atoms with Gasteiger partial charge in [-0.25, -0.2) is 8.78 Å². The summed E-state index contributed by atoms with van der Waals surface area (Å²) in [5.74, 6) is 0. The first kappa shape index (κ1) is 15.8. The largest absolute Gasteiger partial charge is 0.395 e. The topological polar surface area (TPSA) is 50.7 Å². The molecule has 0 aromatic heterocycles. The Morgan fingerprint density at radius 2 is 2.22 bits per heavy atom. The number of rotatable bonds is 8. The quantitative estimate of drug-likeness (QED) is 0.700. The standard InChI is InChI=1S/C12H23F2NO3/c1-9(18-12-4-2-3-7-17-12)10(8-16)15-6-5-11(13)14/h9-12,15-16H,2-8H2,1H3. The lowest BCUT2D eigenvalue weighted by atomic mass is 10.1. The lowest BCUT2D eigenvalue weighted by Crippen LogP contribution is -2.45. The number of halogens is 2. The molecule has 0 bridgehead atoms. The van der Waals surface area contributed by atoms with Crippen molar-refractivity contribution in [3.63, 3.8) is 0 Å². The third-order valence-corrected chi connectivity index (χ3v) is 3.04. The summed E-state index contributed by atoms with van der Waals surface area (Å²) in [7, 11) is 0. The van der Waals surface area contributed by atoms with Crippen molar-refractivity contribution in [3.8, 4) is 0 Å². The van der Waals surface area contributed by atoms with E-state index < -0.39 is 6.43 Å². The van der Waals surface area contributed by atoms with Crippen LogP contribution in [0.1, 0.15) is 32.6 Å². The summed E-state index contributed by atoms with van der Waals surface area (Å²) in [5, 5.41) is 12.1. The second-order valence-corrected chi connectivity index (χ2v) is 4.56. The lowest BCUT2D eigenvalue weighted by molar-refractivity contribution is -0.191. The third kappa shape index (κ3) is 6.04. The van der Waals surface area contributed by atoms with Crippen molar-refractivity contribution in [1.82, 2.24) is 5.32 Å². The van der Waals surface area contributed by atoms with Gasteiger partial charge < -0.3 is 19.9 Å². The molecule has 6 heteroatoms. The molecule has 1 aliphatic heterocycles. The smallest absolute Gasteiger partial charge is 0.239 e. The first-order valence-corrected chi connectivity index (χ1v) is 6.53. The SMILES string of the molecule is CC(OC1CCCCO1)C(CO)NCCC(F)F. The van der Waals surface area contributed by atoms with Crippen LogP contribution in [0.25, 0.3) is 0 Å². The molecule has 0 radical (unpaired) electrons. The number of ether oxygens (including phenoxy) is 2. The van der Waals surface area contributed by atoms with E-state index in [9.17, 15) is 13.9 Å². The highest BCUT2D eigenvalue weighted by atomic mass is 19.3. The predicted molar refractivity (Wildman–Crippen MR) is 63.6 cm³/mol. The molecule has 2 N–H and O–H groups in total. The molecule has 0 aromatic rings. The second kappa shape index (κ2) is 8.74. The van der Waals surface area contributed by atoms with Crippen LogP contribution >= 0.6 is 0 Å². The van der Waals surface area contributed by atoms with Gasteiger partial charge in [-0.3, -0.25) is 0 Å². The highest BCUT2D eigenvalue weighted by Gasteiger charge is 2.23. The van der Waals surface area contributed by atoms with Gasteiger partial charge in [0, 0.05) is 19.6 Å². The molecule has 1 rings (SSSR count). The third-order valence-electron chi connectivity index (χ3n) is 3.04. The van der Waals surface area contributed by atoms with Crippen LogP contribution in [-0.2, 0) is 9.47 Å². The fourth-order valence-corrected chi connectivity index (χ4v) is 1.91. The van der Waals surface area contributed by atoms with Gasteiger partial charge in [0.05, 0.1) is 18.8 Å². The molecule has 0 amide bonds. The van der Waals surface area contributed by atoms with Gasteiger partial charge in [0.25, 0.3) is 0 Å². The van der Waals surface area contributed by atoms with Crippen LogP contribution in [0.5, 0.6) is 0 Å². The van der Waals surface area contributed by atoms with Gasteiger partial charge in [-0.15, -0.1) is 0 Å². The Kier molecular flexibility index (Phi) is 7.65. The maximum atomic E-state index is 12.0. The van der Waals surface area contributed by atoms with E-state index in [1.54, 1.807) is 0 Å². The Hall–Kier alpha value is -0.300. The van der Waals surface area contributed by atoms with Gasteiger partial charge in [0.15, 0.2) is 6.29 Å². The van der Waals surface area contributed by atoms with E-state index in [2.05, 4.69) is 5.32 Å². The summed E-state index contributed by atoms with van der Waals surface area (Å²) in [6.45, 7) is 2.54. The molecular weight excluding hydrogens is 244 g/mol. The van der Waals surface area contributed by atoms with Crippen LogP contribution < -0.4 is 5.32 Å². The monoisotopic (exact) mass is 267 g/mol. The molecule has 1 saturated heterocycles. The number of nitrogens with one attached hydrogen (secondary N) is 1. The average Bonchev–Trinajstić information content (AvgIpc) is 2.35. The minimum Gasteiger partial charge on any atom is -0.395 e. The van der Waals surface area contributed by atoms with Crippen molar-refractivity contribution in [3.05, 3.63) is 0 Å². The van der Waals surface area contributed by atoms with E-state index in [0.29, 0.717) is 6.61 Å². The molecule has 1 heterocycles. The fraction of sp³-hybridized carbons (Fsp3) is 1.00. The van der Waals surface area contributed by atoms with Crippen molar-refractivity contribution in [2.75, 3.05) is 19.8 Å². The van der Waals surface area contributed by atoms with Gasteiger partial charge in [0.2, 0.25) is 6.43 Å². The van der Waals surface area contributed by atoms with Gasteiger partial charge in [-0.1, -0.05) is 0 Å². The maximum Gasteiger partial charge on any atom is 0.239 e. The summed E-state index contributed by atoms with van der Waals surface area (Å²) in [6.07, 6.45) is -0.0855. The van der Waals surface area contributed by atoms with Gasteiger partial charge >= 0.3 is 0 Å². The Balaban J connectivity index is 2.24. The molecule has 0 aliphatic carbocycles. The zero-order chi connectivity index (χ0) is 13.4. The van der Waals surface area contributed by atoms with Crippen molar-refractivity contribution in [2.24, 2.45) is 0 Å². The summed E-state index contributed by atoms with van der Waals surface area (Å²) in [6, 6.07) is -0.339. The number of hydrogen-bond acceptors (Lipinski definition) is 4. The van der Waals surface area contributed by atoms with Crippen LogP contribution in [0.4, 0.5) is 8.78 Å². The van der Waals surface area contributed by atoms with Gasteiger partial charge in [-0.05, 0) is 26.2 Å². The van der Waals surface area contributed by atoms with Crippen LogP contribution in [0.2, 0.25) is 0 Å². The number of alkyl halides is 2. The normalized spacial score (nSPS) is 24.2. The van der Waals surface area contributed by atoms with Crippen LogP contribution in [-0.4, -0.2) is 49.7 Å². The average molecular weight is 267 g/mol. The molecule has 18 heavy (non-hydrogen) atoms. The Labute approximate surface area is 107 Å². The highest BCUT2D eigenvalue weighted by molar-refractivity contribution is 4.74. The van der Waals surface area contributed by atoms with Gasteiger partial charge in [-0.2, -0.15) is 0 Å². The van der Waals surface area contributed by atoms with Crippen molar-refractivity contribution >= 4 is 0 Å². The van der Waals surface area contributed by atoms with Crippen LogP contribution in [0.15, 0.2) is 0 Å². The molecule has 3 atom stereocenters. The summed E-state index contributed by atoms with van der Waals surface area (Å²) in [5.41, 5.74) is 0. The van der Waals surface area contributed by atoms with E-state index in [0.717, 1.165) is 19.3 Å². The van der Waals surface area contributed by atoms with Crippen molar-refractivity contribution in [2.45, 2.75) is 57.5 Å². The molecule has 3 unspecified atom stereocenters. The Morgan fingerprint density at radius 1 is 1.44 bits per heavy atom. The summed E-state index contributed by atoms with van der Waals surface area (Å²) < 4.78 is 35.1. The van der Waals surface area contributed by atoms with Crippen molar-refractivity contribution < 1.29 is 23.4 Å². The predicted octanol–water partition coefficient (Wildman–Crippen LogP) is 1.52. The summed E-state index contributed by atoms with van der Waals surface area (Å²) in [4.78, 5) is 0. The zero-order valence-electron chi connectivity index (χ0n) is 10.8. The van der Waals surface area contributed by atoms with E-state index in [1.807, 2.05) is 6.92 Å². The molecule has 1 aliphatic rings. The Morgan fingerprint density at radius 3 is 2.78 bits per heavy atom. The molecular formula is C12H23F2NO3. The van der Waals surface area contributed by atoms with Crippen LogP contribution in [0.3, 0.4) is 0 Å². The Bertz CT molecular complexity index is 213. The van der Waals surface area contributed by atoms with Crippen molar-refractivity contribution in [1.29, 1.82) is 0 Å². The minimum atomic E-state index is -2.32. The molecule has 0 spiro atoms. The van der Waals surface area contributed by atoms with E-state index >= 15 is 0 Å². The highest BCUT2D eigenvalue weighted by Crippen LogP contribution is 2.16. The first-order valence-electron chi connectivity index (χ1n) is 6.53. The maximum absolute atomic E-state index is 12.0. The van der Waals surface area contributed by atoms with Gasteiger partial charge in [0.1, 0.15) is 0 Å². The van der Waals surface area contributed by atoms with E-state index in [4.69, 9.17) is 9.47 Å². The molecule has 0 aromatic carbocycles. The van der Waals surface area contributed by atoms with E-state index in [1.165, 1.54) is 0 Å². The number of hydrogen-bond donors (Lipinski definition) is 2.